The lowest BCUT2D eigenvalue weighted by molar-refractivity contribution is -0.137. The third-order valence-corrected chi connectivity index (χ3v) is 7.22. The zero-order chi connectivity index (χ0) is 24.6. The van der Waals surface area contributed by atoms with Gasteiger partial charge in [0.2, 0.25) is 15.9 Å². The average Bonchev–Trinajstić information content (AvgIpc) is 2.77. The number of benzene rings is 2. The molecule has 2 aromatic carbocycles. The summed E-state index contributed by atoms with van der Waals surface area (Å²) >= 11 is 0. The Morgan fingerprint density at radius 1 is 1.15 bits per heavy atom. The fourth-order valence-corrected chi connectivity index (χ4v) is 5.26. The predicted molar refractivity (Wildman–Crippen MR) is 111 cm³/mol. The summed E-state index contributed by atoms with van der Waals surface area (Å²) in [6.45, 7) is -0.565. The first-order valence-corrected chi connectivity index (χ1v) is 11.2. The molecule has 0 aliphatic carbocycles. The second-order valence-electron chi connectivity index (χ2n) is 7.58. The second-order valence-corrected chi connectivity index (χ2v) is 9.44. The van der Waals surface area contributed by atoms with Crippen LogP contribution in [0.4, 0.5) is 23.2 Å². The zero-order valence-electron chi connectivity index (χ0n) is 17.7. The minimum absolute atomic E-state index is 0.0475. The molecule has 0 radical (unpaired) electrons. The number of carbonyl (C=O) groups is 1. The number of carbonyl (C=O) groups excluding carboxylic acids is 1. The highest BCUT2D eigenvalue weighted by atomic mass is 32.2. The van der Waals surface area contributed by atoms with Crippen LogP contribution in [0.25, 0.3) is 0 Å². The van der Waals surface area contributed by atoms with E-state index in [0.717, 1.165) is 33.5 Å². The number of nitriles is 1. The monoisotopic (exact) mass is 484 g/mol. The molecule has 1 saturated heterocycles. The van der Waals surface area contributed by atoms with Gasteiger partial charge in [0.1, 0.15) is 16.8 Å². The van der Waals surface area contributed by atoms with Crippen LogP contribution in [-0.4, -0.2) is 63.3 Å². The number of amides is 1. The highest BCUT2D eigenvalue weighted by Crippen LogP contribution is 2.35. The lowest BCUT2D eigenvalue weighted by atomic mass is 10.1. The smallest absolute Gasteiger partial charge is 0.368 e. The number of piperazine rings is 1. The summed E-state index contributed by atoms with van der Waals surface area (Å²) in [5, 5.41) is 9.00. The van der Waals surface area contributed by atoms with Crippen molar-refractivity contribution in [3.8, 4) is 6.07 Å². The Hall–Kier alpha value is -3.17. The molecule has 1 unspecified atom stereocenters. The number of sulfonamides is 1. The molecular formula is C21H20F4N4O3S. The molecule has 0 spiro atoms. The van der Waals surface area contributed by atoms with Crippen molar-refractivity contribution < 1.29 is 30.8 Å². The van der Waals surface area contributed by atoms with Crippen LogP contribution in [0.3, 0.4) is 0 Å². The molecule has 1 amide bonds. The molecule has 1 heterocycles. The van der Waals surface area contributed by atoms with Crippen LogP contribution < -0.4 is 4.90 Å². The van der Waals surface area contributed by atoms with Crippen LogP contribution in [0.15, 0.2) is 47.4 Å². The lowest BCUT2D eigenvalue weighted by Gasteiger charge is -2.41. The van der Waals surface area contributed by atoms with Crippen molar-refractivity contribution in [1.29, 1.82) is 5.26 Å². The van der Waals surface area contributed by atoms with E-state index < -0.39 is 50.0 Å². The normalized spacial score (nSPS) is 17.5. The summed E-state index contributed by atoms with van der Waals surface area (Å²) in [5.41, 5.74) is -1.59. The molecule has 7 nitrogen and oxygen atoms in total. The van der Waals surface area contributed by atoms with Gasteiger partial charge in [-0.25, -0.2) is 12.8 Å². The maximum absolute atomic E-state index is 14.3. The molecule has 1 fully saturated rings. The van der Waals surface area contributed by atoms with E-state index in [9.17, 15) is 30.8 Å². The van der Waals surface area contributed by atoms with Gasteiger partial charge in [0.25, 0.3) is 0 Å². The van der Waals surface area contributed by atoms with Crippen LogP contribution in [-0.2, 0) is 21.0 Å². The predicted octanol–water partition coefficient (Wildman–Crippen LogP) is 2.68. The molecular weight excluding hydrogens is 464 g/mol. The summed E-state index contributed by atoms with van der Waals surface area (Å²) in [6, 6.07) is 8.10. The Labute approximate surface area is 188 Å². The van der Waals surface area contributed by atoms with E-state index in [1.54, 1.807) is 0 Å². The Bertz CT molecular complexity index is 1210. The van der Waals surface area contributed by atoms with E-state index >= 15 is 0 Å². The Morgan fingerprint density at radius 2 is 1.82 bits per heavy atom. The Balaban J connectivity index is 2.01. The van der Waals surface area contributed by atoms with E-state index in [-0.39, 0.29) is 25.3 Å². The molecule has 2 aromatic rings. The number of anilines is 1. The number of hydrogen-bond donors (Lipinski definition) is 0. The summed E-state index contributed by atoms with van der Waals surface area (Å²) in [4.78, 5) is 14.9. The lowest BCUT2D eigenvalue weighted by Crippen LogP contribution is -2.60. The van der Waals surface area contributed by atoms with Crippen molar-refractivity contribution in [2.24, 2.45) is 0 Å². The molecule has 0 N–H and O–H groups in total. The number of alkyl halides is 3. The fraction of sp³-hybridized carbons (Fsp3) is 0.333. The van der Waals surface area contributed by atoms with Crippen molar-refractivity contribution in [3.05, 3.63) is 59.4 Å². The van der Waals surface area contributed by atoms with E-state index in [2.05, 4.69) is 0 Å². The van der Waals surface area contributed by atoms with Crippen LogP contribution in [0, 0.1) is 17.1 Å². The third kappa shape index (κ3) is 4.79. The SMILES string of the molecule is CN(C)C(=O)C1CN(c2ccc(C#N)c(C(F)(F)F)c2)CCN1S(=O)(=O)c1ccccc1F. The summed E-state index contributed by atoms with van der Waals surface area (Å²) in [6.07, 6.45) is -4.77. The number of halogens is 4. The first-order chi connectivity index (χ1) is 15.4. The van der Waals surface area contributed by atoms with E-state index in [4.69, 9.17) is 5.26 Å². The zero-order valence-corrected chi connectivity index (χ0v) is 18.5. The molecule has 33 heavy (non-hydrogen) atoms. The highest BCUT2D eigenvalue weighted by Gasteiger charge is 2.42. The van der Waals surface area contributed by atoms with Crippen molar-refractivity contribution in [2.45, 2.75) is 17.1 Å². The summed E-state index contributed by atoms with van der Waals surface area (Å²) in [5.74, 6) is -1.58. The van der Waals surface area contributed by atoms with Gasteiger partial charge < -0.3 is 9.80 Å². The van der Waals surface area contributed by atoms with Gasteiger partial charge in [-0.2, -0.15) is 22.7 Å². The van der Waals surface area contributed by atoms with Gasteiger partial charge in [0.15, 0.2) is 0 Å². The molecule has 3 rings (SSSR count). The molecule has 0 saturated carbocycles. The number of likely N-dealkylation sites (N-methyl/N-ethyl adjacent to an activating group) is 1. The summed E-state index contributed by atoms with van der Waals surface area (Å²) < 4.78 is 81.6. The van der Waals surface area contributed by atoms with Gasteiger partial charge in [0, 0.05) is 39.4 Å². The minimum Gasteiger partial charge on any atom is -0.368 e. The van der Waals surface area contributed by atoms with Crippen molar-refractivity contribution in [1.82, 2.24) is 9.21 Å². The van der Waals surface area contributed by atoms with E-state index in [0.29, 0.717) is 0 Å². The fourth-order valence-electron chi connectivity index (χ4n) is 3.63. The van der Waals surface area contributed by atoms with E-state index in [1.807, 2.05) is 0 Å². The highest BCUT2D eigenvalue weighted by molar-refractivity contribution is 7.89. The Morgan fingerprint density at radius 3 is 2.39 bits per heavy atom. The van der Waals surface area contributed by atoms with Crippen molar-refractivity contribution in [3.63, 3.8) is 0 Å². The van der Waals surface area contributed by atoms with Crippen molar-refractivity contribution >= 4 is 21.6 Å². The first-order valence-electron chi connectivity index (χ1n) is 9.71. The molecule has 176 valence electrons. The van der Waals surface area contributed by atoms with Crippen LogP contribution in [0.5, 0.6) is 0 Å². The van der Waals surface area contributed by atoms with Gasteiger partial charge >= 0.3 is 6.18 Å². The summed E-state index contributed by atoms with van der Waals surface area (Å²) in [7, 11) is -1.58. The van der Waals surface area contributed by atoms with Gasteiger partial charge in [0.05, 0.1) is 17.2 Å². The molecule has 12 heteroatoms. The van der Waals surface area contributed by atoms with Gasteiger partial charge in [-0.1, -0.05) is 12.1 Å². The van der Waals surface area contributed by atoms with E-state index in [1.165, 1.54) is 43.3 Å². The topological polar surface area (TPSA) is 84.7 Å². The third-order valence-electron chi connectivity index (χ3n) is 5.27. The van der Waals surface area contributed by atoms with Crippen LogP contribution in [0.1, 0.15) is 11.1 Å². The number of rotatable bonds is 4. The average molecular weight is 484 g/mol. The molecule has 1 atom stereocenters. The van der Waals surface area contributed by atoms with Crippen LogP contribution in [0.2, 0.25) is 0 Å². The number of nitrogens with zero attached hydrogens (tertiary/aromatic N) is 4. The molecule has 1 aliphatic rings. The van der Waals surface area contributed by atoms with Crippen molar-refractivity contribution in [2.75, 3.05) is 38.6 Å². The maximum atomic E-state index is 14.3. The maximum Gasteiger partial charge on any atom is 0.417 e. The van der Waals surface area contributed by atoms with Gasteiger partial charge in [-0.3, -0.25) is 4.79 Å². The quantitative estimate of drug-likeness (QED) is 0.623. The number of hydrogen-bond acceptors (Lipinski definition) is 5. The Kier molecular flexibility index (Phi) is 6.67. The first kappa shape index (κ1) is 24.5. The largest absolute Gasteiger partial charge is 0.417 e. The molecule has 0 bridgehead atoms. The van der Waals surface area contributed by atoms with Crippen LogP contribution >= 0.6 is 0 Å². The molecule has 0 aromatic heterocycles. The van der Waals surface area contributed by atoms with Gasteiger partial charge in [-0.05, 0) is 30.3 Å². The standard InChI is InChI=1S/C21H20F4N4O3S/c1-27(2)20(30)18-13-28(15-8-7-14(12-26)16(11-15)21(23,24)25)9-10-29(18)33(31,32)19-6-4-3-5-17(19)22/h3-8,11,18H,9-10,13H2,1-2H3. The molecule has 1 aliphatic heterocycles. The van der Waals surface area contributed by atoms with Gasteiger partial charge in [-0.15, -0.1) is 0 Å². The minimum atomic E-state index is -4.77. The second kappa shape index (κ2) is 8.99.